The molecule has 4 rings (SSSR count). The summed E-state index contributed by atoms with van der Waals surface area (Å²) in [4.78, 5) is 10.7. The first-order chi connectivity index (χ1) is 12.5. The summed E-state index contributed by atoms with van der Waals surface area (Å²) >= 11 is 0. The van der Waals surface area contributed by atoms with Crippen LogP contribution in [0, 0.1) is 10.8 Å². The van der Waals surface area contributed by atoms with Crippen molar-refractivity contribution >= 4 is 0 Å². The molecule has 0 aliphatic carbocycles. The zero-order chi connectivity index (χ0) is 19.5. The molecule has 0 N–H and O–H groups in total. The van der Waals surface area contributed by atoms with E-state index in [0.29, 0.717) is 21.9 Å². The fourth-order valence-electron chi connectivity index (χ4n) is 7.04. The first-order valence-corrected chi connectivity index (χ1v) is 11.4. The van der Waals surface area contributed by atoms with Crippen LogP contribution in [0.5, 0.6) is 0 Å². The Hall–Kier alpha value is -0.160. The van der Waals surface area contributed by atoms with Crippen LogP contribution >= 0.6 is 0 Å². The SMILES string of the molecule is CN1CCC2(CC1)CCN(C(C)(C)CC(C)(C)N1CCC3(CN(C)C3)C1)C2. The lowest BCUT2D eigenvalue weighted by molar-refractivity contribution is 0.00264. The van der Waals surface area contributed by atoms with Gasteiger partial charge in [-0.15, -0.1) is 0 Å². The number of nitrogens with zero attached hydrogens (tertiary/aromatic N) is 4. The highest BCUT2D eigenvalue weighted by molar-refractivity contribution is 5.06. The van der Waals surface area contributed by atoms with Gasteiger partial charge in [-0.1, -0.05) is 0 Å². The fraction of sp³-hybridized carbons (Fsp3) is 1.00. The van der Waals surface area contributed by atoms with Gasteiger partial charge < -0.3 is 9.80 Å². The molecule has 4 aliphatic heterocycles. The lowest BCUT2D eigenvalue weighted by Gasteiger charge is -2.49. The van der Waals surface area contributed by atoms with Gasteiger partial charge in [0.15, 0.2) is 0 Å². The Morgan fingerprint density at radius 3 is 1.56 bits per heavy atom. The minimum absolute atomic E-state index is 0.294. The van der Waals surface area contributed by atoms with Gasteiger partial charge in [0.1, 0.15) is 0 Å². The first kappa shape index (κ1) is 20.1. The Bertz CT molecular complexity index is 541. The molecule has 0 radical (unpaired) electrons. The fourth-order valence-corrected chi connectivity index (χ4v) is 7.04. The number of hydrogen-bond donors (Lipinski definition) is 0. The van der Waals surface area contributed by atoms with Gasteiger partial charge in [-0.05, 0) is 105 Å². The molecular weight excluding hydrogens is 332 g/mol. The molecule has 0 aromatic carbocycles. The third-order valence-electron chi connectivity index (χ3n) is 8.71. The highest BCUT2D eigenvalue weighted by Crippen LogP contribution is 2.46. The summed E-state index contributed by atoms with van der Waals surface area (Å²) in [7, 11) is 4.56. The minimum atomic E-state index is 0.294. The van der Waals surface area contributed by atoms with E-state index in [0.717, 1.165) is 0 Å². The highest BCUT2D eigenvalue weighted by Gasteiger charge is 2.51. The van der Waals surface area contributed by atoms with Crippen molar-refractivity contribution < 1.29 is 0 Å². The third kappa shape index (κ3) is 3.84. The van der Waals surface area contributed by atoms with E-state index < -0.39 is 0 Å². The molecule has 0 aromatic heterocycles. The molecule has 4 nitrogen and oxygen atoms in total. The zero-order valence-electron chi connectivity index (χ0n) is 19.0. The van der Waals surface area contributed by atoms with E-state index >= 15 is 0 Å². The Morgan fingerprint density at radius 1 is 0.593 bits per heavy atom. The molecule has 2 spiro atoms. The van der Waals surface area contributed by atoms with Gasteiger partial charge in [-0.3, -0.25) is 9.80 Å². The molecular formula is C23H44N4. The maximum absolute atomic E-state index is 2.85. The van der Waals surface area contributed by atoms with Crippen LogP contribution in [-0.4, -0.2) is 97.1 Å². The van der Waals surface area contributed by atoms with Crippen molar-refractivity contribution in [2.45, 2.75) is 70.9 Å². The number of piperidine rings is 1. The monoisotopic (exact) mass is 376 g/mol. The van der Waals surface area contributed by atoms with E-state index in [1.165, 1.54) is 84.5 Å². The smallest absolute Gasteiger partial charge is 0.0170 e. The average molecular weight is 377 g/mol. The molecule has 4 fully saturated rings. The molecule has 0 bridgehead atoms. The first-order valence-electron chi connectivity index (χ1n) is 11.4. The highest BCUT2D eigenvalue weighted by atomic mass is 15.3. The van der Waals surface area contributed by atoms with Crippen LogP contribution in [0.15, 0.2) is 0 Å². The molecule has 0 amide bonds. The van der Waals surface area contributed by atoms with Gasteiger partial charge in [-0.2, -0.15) is 0 Å². The van der Waals surface area contributed by atoms with E-state index in [-0.39, 0.29) is 0 Å². The molecule has 4 heterocycles. The van der Waals surface area contributed by atoms with Crippen LogP contribution in [0.25, 0.3) is 0 Å². The third-order valence-corrected chi connectivity index (χ3v) is 8.71. The maximum atomic E-state index is 2.85. The summed E-state index contributed by atoms with van der Waals surface area (Å²) in [6, 6.07) is 0. The Labute approximate surface area is 168 Å². The van der Waals surface area contributed by atoms with Crippen molar-refractivity contribution in [1.82, 2.24) is 19.6 Å². The second-order valence-corrected chi connectivity index (χ2v) is 12.1. The van der Waals surface area contributed by atoms with Crippen molar-refractivity contribution in [3.05, 3.63) is 0 Å². The van der Waals surface area contributed by atoms with Crippen LogP contribution in [0.4, 0.5) is 0 Å². The van der Waals surface area contributed by atoms with Crippen LogP contribution in [0.1, 0.15) is 59.8 Å². The van der Waals surface area contributed by atoms with E-state index in [4.69, 9.17) is 0 Å². The molecule has 0 saturated carbocycles. The van der Waals surface area contributed by atoms with E-state index in [2.05, 4.69) is 61.4 Å². The Morgan fingerprint density at radius 2 is 1.04 bits per heavy atom. The van der Waals surface area contributed by atoms with Crippen LogP contribution in [0.2, 0.25) is 0 Å². The lowest BCUT2D eigenvalue weighted by atomic mass is 9.77. The normalized spacial score (nSPS) is 30.4. The lowest BCUT2D eigenvalue weighted by Crippen LogP contribution is -2.58. The molecule has 0 aromatic rings. The summed E-state index contributed by atoms with van der Waals surface area (Å²) < 4.78 is 0. The second kappa shape index (κ2) is 6.68. The van der Waals surface area contributed by atoms with Gasteiger partial charge in [-0.25, -0.2) is 0 Å². The van der Waals surface area contributed by atoms with E-state index in [1.54, 1.807) is 0 Å². The summed E-state index contributed by atoms with van der Waals surface area (Å²) in [6.45, 7) is 20.5. The second-order valence-electron chi connectivity index (χ2n) is 12.1. The molecule has 27 heavy (non-hydrogen) atoms. The summed E-state index contributed by atoms with van der Waals surface area (Å²) in [5.74, 6) is 0. The average Bonchev–Trinajstić information content (AvgIpc) is 3.16. The molecule has 0 unspecified atom stereocenters. The van der Waals surface area contributed by atoms with Gasteiger partial charge in [0.05, 0.1) is 0 Å². The van der Waals surface area contributed by atoms with Crippen molar-refractivity contribution in [2.75, 3.05) is 66.5 Å². The van der Waals surface area contributed by atoms with E-state index in [9.17, 15) is 0 Å². The molecule has 4 aliphatic rings. The summed E-state index contributed by atoms with van der Waals surface area (Å²) in [5, 5.41) is 0. The van der Waals surface area contributed by atoms with Gasteiger partial charge in [0, 0.05) is 42.7 Å². The number of hydrogen-bond acceptors (Lipinski definition) is 4. The van der Waals surface area contributed by atoms with Crippen molar-refractivity contribution in [3.8, 4) is 0 Å². The zero-order valence-corrected chi connectivity index (χ0v) is 19.0. The number of likely N-dealkylation sites (tertiary alicyclic amines) is 4. The van der Waals surface area contributed by atoms with Crippen molar-refractivity contribution in [3.63, 3.8) is 0 Å². The van der Waals surface area contributed by atoms with Crippen molar-refractivity contribution in [1.29, 1.82) is 0 Å². The largest absolute Gasteiger partial charge is 0.306 e. The predicted octanol–water partition coefficient (Wildman–Crippen LogP) is 2.99. The standard InChI is InChI=1S/C23H44N4/c1-20(2,26-13-9-22(18-26)7-11-24(5)12-8-22)15-21(3,4)27-14-10-23(19-27)16-25(6)17-23/h7-19H2,1-6H3. The Balaban J connectivity index is 1.36. The minimum Gasteiger partial charge on any atom is -0.306 e. The maximum Gasteiger partial charge on any atom is 0.0170 e. The topological polar surface area (TPSA) is 13.0 Å². The summed E-state index contributed by atoms with van der Waals surface area (Å²) in [5.41, 5.74) is 1.82. The van der Waals surface area contributed by atoms with E-state index in [1.807, 2.05) is 0 Å². The van der Waals surface area contributed by atoms with Crippen LogP contribution < -0.4 is 0 Å². The number of rotatable bonds is 4. The quantitative estimate of drug-likeness (QED) is 0.748. The molecule has 0 atom stereocenters. The summed E-state index contributed by atoms with van der Waals surface area (Å²) in [6.07, 6.45) is 6.91. The Kier molecular flexibility index (Phi) is 4.98. The molecule has 156 valence electrons. The van der Waals surface area contributed by atoms with Gasteiger partial charge in [0.2, 0.25) is 0 Å². The molecule has 4 saturated heterocycles. The molecule has 4 heteroatoms. The predicted molar refractivity (Wildman–Crippen MR) is 114 cm³/mol. The van der Waals surface area contributed by atoms with Crippen LogP contribution in [-0.2, 0) is 0 Å². The van der Waals surface area contributed by atoms with Crippen LogP contribution in [0.3, 0.4) is 0 Å². The van der Waals surface area contributed by atoms with Gasteiger partial charge >= 0.3 is 0 Å². The van der Waals surface area contributed by atoms with Crippen molar-refractivity contribution in [2.24, 2.45) is 10.8 Å². The van der Waals surface area contributed by atoms with Gasteiger partial charge in [0.25, 0.3) is 0 Å².